The molecule has 2 heterocycles. The van der Waals surface area contributed by atoms with Crippen LogP contribution in [0, 0.1) is 0 Å². The Bertz CT molecular complexity index is 707. The van der Waals surface area contributed by atoms with Crippen molar-refractivity contribution in [3.63, 3.8) is 0 Å². The van der Waals surface area contributed by atoms with Crippen LogP contribution in [-0.4, -0.2) is 42.8 Å². The van der Waals surface area contributed by atoms with Crippen molar-refractivity contribution in [3.8, 4) is 5.88 Å². The first kappa shape index (κ1) is 24.6. The van der Waals surface area contributed by atoms with Crippen LogP contribution in [0.3, 0.4) is 0 Å². The van der Waals surface area contributed by atoms with Crippen molar-refractivity contribution in [1.29, 1.82) is 0 Å². The lowest BCUT2D eigenvalue weighted by Crippen LogP contribution is -2.36. The van der Waals surface area contributed by atoms with Crippen LogP contribution < -0.4 is 15.4 Å². The first-order valence-electron chi connectivity index (χ1n) is 9.15. The van der Waals surface area contributed by atoms with Gasteiger partial charge in [-0.1, -0.05) is 19.9 Å². The highest BCUT2D eigenvalue weighted by molar-refractivity contribution is 14.0. The van der Waals surface area contributed by atoms with E-state index in [2.05, 4.69) is 44.8 Å². The lowest BCUT2D eigenvalue weighted by Gasteiger charge is -2.10. The quantitative estimate of drug-likeness (QED) is 0.216. The fourth-order valence-electron chi connectivity index (χ4n) is 2.16. The summed E-state index contributed by atoms with van der Waals surface area (Å²) >= 11 is 1.67. The molecule has 7 nitrogen and oxygen atoms in total. The zero-order valence-corrected chi connectivity index (χ0v) is 20.0. The predicted octanol–water partition coefficient (Wildman–Crippen LogP) is 3.56. The van der Waals surface area contributed by atoms with E-state index in [1.165, 1.54) is 0 Å². The molecule has 2 N–H and O–H groups in total. The van der Waals surface area contributed by atoms with Gasteiger partial charge in [0.2, 0.25) is 5.88 Å². The molecule has 0 spiro atoms. The van der Waals surface area contributed by atoms with Crippen LogP contribution in [-0.2, 0) is 17.8 Å². The molecular weight excluding hydrogens is 489 g/mol. The van der Waals surface area contributed by atoms with E-state index in [1.54, 1.807) is 24.6 Å². The van der Waals surface area contributed by atoms with Crippen molar-refractivity contribution in [2.24, 2.45) is 4.99 Å². The van der Waals surface area contributed by atoms with Gasteiger partial charge in [0.05, 0.1) is 25.4 Å². The normalized spacial score (nSPS) is 11.2. The molecule has 2 aromatic rings. The maximum Gasteiger partial charge on any atom is 0.213 e. The second-order valence-electron chi connectivity index (χ2n) is 6.22. The smallest absolute Gasteiger partial charge is 0.213 e. The van der Waals surface area contributed by atoms with Crippen LogP contribution in [0.2, 0.25) is 0 Å². The third kappa shape index (κ3) is 8.70. The third-order valence-electron chi connectivity index (χ3n) is 3.67. The van der Waals surface area contributed by atoms with Gasteiger partial charge in [-0.3, -0.25) is 0 Å². The molecule has 2 aromatic heterocycles. The first-order chi connectivity index (χ1) is 13.1. The number of thiazole rings is 1. The second-order valence-corrected chi connectivity index (χ2v) is 7.16. The number of aromatic nitrogens is 2. The third-order valence-corrected chi connectivity index (χ3v) is 4.53. The van der Waals surface area contributed by atoms with Crippen molar-refractivity contribution in [2.45, 2.75) is 39.8 Å². The van der Waals surface area contributed by atoms with E-state index < -0.39 is 0 Å². The Morgan fingerprint density at radius 1 is 1.25 bits per heavy atom. The Kier molecular flexibility index (Phi) is 12.0. The summed E-state index contributed by atoms with van der Waals surface area (Å²) in [6, 6.07) is 3.82. The average molecular weight is 519 g/mol. The molecule has 0 aliphatic heterocycles. The number of rotatable bonds is 10. The zero-order valence-electron chi connectivity index (χ0n) is 16.9. The van der Waals surface area contributed by atoms with Gasteiger partial charge in [0.1, 0.15) is 11.6 Å². The van der Waals surface area contributed by atoms with E-state index in [0.717, 1.165) is 28.8 Å². The van der Waals surface area contributed by atoms with Crippen LogP contribution in [0.4, 0.5) is 0 Å². The molecule has 0 atom stereocenters. The number of halogens is 1. The number of aliphatic imine (C=N–C) groups is 1. The molecule has 0 amide bonds. The fraction of sp³-hybridized carbons (Fsp3) is 0.526. The van der Waals surface area contributed by atoms with Crippen molar-refractivity contribution < 1.29 is 9.47 Å². The summed E-state index contributed by atoms with van der Waals surface area (Å²) in [5.41, 5.74) is 2.15. The highest BCUT2D eigenvalue weighted by Crippen LogP contribution is 2.17. The maximum atomic E-state index is 5.47. The number of ether oxygens (including phenoxy) is 2. The minimum atomic E-state index is 0. The second kappa shape index (κ2) is 13.7. The van der Waals surface area contributed by atoms with Gasteiger partial charge >= 0.3 is 0 Å². The average Bonchev–Trinajstić information content (AvgIpc) is 3.15. The molecule has 0 saturated carbocycles. The van der Waals surface area contributed by atoms with Crippen LogP contribution in [0.1, 0.15) is 43.0 Å². The minimum Gasteiger partial charge on any atom is -0.475 e. The number of nitrogens with zero attached hydrogens (tertiary/aromatic N) is 3. The molecule has 2 rings (SSSR count). The Morgan fingerprint density at radius 3 is 2.68 bits per heavy atom. The summed E-state index contributed by atoms with van der Waals surface area (Å²) in [6.45, 7) is 9.38. The van der Waals surface area contributed by atoms with E-state index in [1.807, 2.05) is 19.1 Å². The fourth-order valence-corrected chi connectivity index (χ4v) is 3.06. The standard InChI is InChI=1S/C19H29N5O2S.HI/c1-5-20-19(23-12-18-24-16(13-27-18)14(2)3)22-11-15-6-7-17(21-10-15)26-9-8-25-4;/h6-7,10,13-14H,5,8-9,11-12H2,1-4H3,(H2,20,22,23);1H. The summed E-state index contributed by atoms with van der Waals surface area (Å²) < 4.78 is 10.4. The first-order valence-corrected chi connectivity index (χ1v) is 10.0. The minimum absolute atomic E-state index is 0. The van der Waals surface area contributed by atoms with Crippen LogP contribution in [0.15, 0.2) is 28.7 Å². The Morgan fingerprint density at radius 2 is 2.07 bits per heavy atom. The van der Waals surface area contributed by atoms with Gasteiger partial charge < -0.3 is 20.1 Å². The van der Waals surface area contributed by atoms with Crippen LogP contribution in [0.5, 0.6) is 5.88 Å². The van der Waals surface area contributed by atoms with Gasteiger partial charge in [0, 0.05) is 31.3 Å². The van der Waals surface area contributed by atoms with E-state index in [4.69, 9.17) is 9.47 Å². The molecule has 0 radical (unpaired) electrons. The van der Waals surface area contributed by atoms with Gasteiger partial charge in [-0.15, -0.1) is 35.3 Å². The van der Waals surface area contributed by atoms with Gasteiger partial charge in [0.15, 0.2) is 5.96 Å². The zero-order chi connectivity index (χ0) is 19.5. The Hall–Kier alpha value is -1.46. The van der Waals surface area contributed by atoms with E-state index in [-0.39, 0.29) is 24.0 Å². The number of hydrogen-bond donors (Lipinski definition) is 2. The molecule has 0 saturated heterocycles. The van der Waals surface area contributed by atoms with E-state index in [9.17, 15) is 0 Å². The lowest BCUT2D eigenvalue weighted by molar-refractivity contribution is 0.143. The maximum absolute atomic E-state index is 5.47. The summed E-state index contributed by atoms with van der Waals surface area (Å²) in [7, 11) is 1.64. The molecule has 28 heavy (non-hydrogen) atoms. The van der Waals surface area contributed by atoms with Gasteiger partial charge in [-0.2, -0.15) is 0 Å². The van der Waals surface area contributed by atoms with E-state index in [0.29, 0.717) is 38.1 Å². The Balaban J connectivity index is 0.00000392. The lowest BCUT2D eigenvalue weighted by atomic mass is 10.2. The molecule has 0 aliphatic carbocycles. The van der Waals surface area contributed by atoms with Gasteiger partial charge in [0.25, 0.3) is 0 Å². The number of pyridine rings is 1. The monoisotopic (exact) mass is 519 g/mol. The summed E-state index contributed by atoms with van der Waals surface area (Å²) in [6.07, 6.45) is 1.78. The summed E-state index contributed by atoms with van der Waals surface area (Å²) in [5, 5.41) is 9.77. The molecule has 9 heteroatoms. The molecule has 0 fully saturated rings. The van der Waals surface area contributed by atoms with Crippen LogP contribution >= 0.6 is 35.3 Å². The highest BCUT2D eigenvalue weighted by Gasteiger charge is 2.06. The number of guanidine groups is 1. The topological polar surface area (TPSA) is 80.7 Å². The van der Waals surface area contributed by atoms with Crippen molar-refractivity contribution in [2.75, 3.05) is 26.9 Å². The summed E-state index contributed by atoms with van der Waals surface area (Å²) in [5.74, 6) is 1.81. The molecular formula is C19H30IN5O2S. The predicted molar refractivity (Wildman–Crippen MR) is 125 cm³/mol. The van der Waals surface area contributed by atoms with Gasteiger partial charge in [-0.05, 0) is 18.4 Å². The van der Waals surface area contributed by atoms with Crippen molar-refractivity contribution in [1.82, 2.24) is 20.6 Å². The number of nitrogens with one attached hydrogen (secondary N) is 2. The van der Waals surface area contributed by atoms with Crippen molar-refractivity contribution in [3.05, 3.63) is 40.0 Å². The molecule has 0 bridgehead atoms. The van der Waals surface area contributed by atoms with Gasteiger partial charge in [-0.25, -0.2) is 15.0 Å². The summed E-state index contributed by atoms with van der Waals surface area (Å²) in [4.78, 5) is 13.5. The molecule has 0 aliphatic rings. The molecule has 0 unspecified atom stereocenters. The van der Waals surface area contributed by atoms with Crippen molar-refractivity contribution >= 4 is 41.3 Å². The highest BCUT2D eigenvalue weighted by atomic mass is 127. The molecule has 0 aromatic carbocycles. The Labute approximate surface area is 188 Å². The largest absolute Gasteiger partial charge is 0.475 e. The van der Waals surface area contributed by atoms with E-state index >= 15 is 0 Å². The number of methoxy groups -OCH3 is 1. The SMILES string of the molecule is CCNC(=NCc1ccc(OCCOC)nc1)NCc1nc(C(C)C)cs1.I. The molecule has 156 valence electrons. The number of hydrogen-bond acceptors (Lipinski definition) is 6. The van der Waals surface area contributed by atoms with Crippen LogP contribution in [0.25, 0.3) is 0 Å².